The van der Waals surface area contributed by atoms with Crippen LogP contribution in [0.15, 0.2) is 18.2 Å². The van der Waals surface area contributed by atoms with Crippen molar-refractivity contribution in [3.8, 4) is 0 Å². The minimum absolute atomic E-state index is 0.408. The molecule has 1 nitrogen and oxygen atoms in total. The van der Waals surface area contributed by atoms with Crippen LogP contribution in [0.3, 0.4) is 0 Å². The van der Waals surface area contributed by atoms with E-state index >= 15 is 0 Å². The average Bonchev–Trinajstić information content (AvgIpc) is 2.66. The van der Waals surface area contributed by atoms with Crippen LogP contribution in [0, 0.1) is 13.8 Å². The Balaban J connectivity index is 2.38. The Kier molecular flexibility index (Phi) is 3.34. The fourth-order valence-corrected chi connectivity index (χ4v) is 3.24. The molecule has 2 rings (SSSR count). The maximum Gasteiger partial charge on any atom is 0.00778 e. The first kappa shape index (κ1) is 11.7. The van der Waals surface area contributed by atoms with Gasteiger partial charge in [0.2, 0.25) is 0 Å². The summed E-state index contributed by atoms with van der Waals surface area (Å²) in [6, 6.07) is 7.04. The molecule has 1 fully saturated rings. The molecule has 1 saturated carbocycles. The van der Waals surface area contributed by atoms with E-state index in [1.165, 1.54) is 36.8 Å². The largest absolute Gasteiger partial charge is 0.319 e. The number of hydrogen-bond acceptors (Lipinski definition) is 1. The molecule has 0 radical (unpaired) electrons. The number of likely N-dealkylation sites (N-methyl/N-ethyl adjacent to an activating group) is 1. The Labute approximate surface area is 99.3 Å². The molecule has 0 atom stereocenters. The summed E-state index contributed by atoms with van der Waals surface area (Å²) in [5.74, 6) is 0. The smallest absolute Gasteiger partial charge is 0.00778 e. The summed E-state index contributed by atoms with van der Waals surface area (Å²) in [7, 11) is 2.07. The van der Waals surface area contributed by atoms with Crippen molar-refractivity contribution in [2.45, 2.75) is 44.9 Å². The predicted octanol–water partition coefficient (Wildman–Crippen LogP) is 3.33. The van der Waals surface area contributed by atoms with Gasteiger partial charge in [-0.1, -0.05) is 42.2 Å². The lowest BCUT2D eigenvalue weighted by atomic mass is 9.78. The third-order valence-electron chi connectivity index (χ3n) is 3.91. The molecular weight excluding hydrogens is 194 g/mol. The van der Waals surface area contributed by atoms with Crippen LogP contribution in [-0.4, -0.2) is 13.6 Å². The second-order valence-electron chi connectivity index (χ2n) is 5.39. The third-order valence-corrected chi connectivity index (χ3v) is 3.91. The Morgan fingerprint density at radius 2 is 1.62 bits per heavy atom. The van der Waals surface area contributed by atoms with Crippen molar-refractivity contribution in [3.63, 3.8) is 0 Å². The van der Waals surface area contributed by atoms with Crippen LogP contribution in [0.4, 0.5) is 0 Å². The molecule has 0 unspecified atom stereocenters. The van der Waals surface area contributed by atoms with Crippen molar-refractivity contribution in [3.05, 3.63) is 34.9 Å². The molecule has 0 heterocycles. The minimum atomic E-state index is 0.408. The monoisotopic (exact) mass is 217 g/mol. The Bertz CT molecular complexity index is 341. The highest BCUT2D eigenvalue weighted by atomic mass is 14.8. The lowest BCUT2D eigenvalue weighted by Gasteiger charge is -2.30. The van der Waals surface area contributed by atoms with Gasteiger partial charge in [0.05, 0.1) is 0 Å². The van der Waals surface area contributed by atoms with Gasteiger partial charge in [-0.05, 0) is 39.3 Å². The summed E-state index contributed by atoms with van der Waals surface area (Å²) in [4.78, 5) is 0. The zero-order valence-corrected chi connectivity index (χ0v) is 10.8. The van der Waals surface area contributed by atoms with E-state index in [1.54, 1.807) is 5.56 Å². The number of hydrogen-bond donors (Lipinski definition) is 1. The lowest BCUT2D eigenvalue weighted by Crippen LogP contribution is -2.34. The van der Waals surface area contributed by atoms with Gasteiger partial charge in [0.1, 0.15) is 0 Å². The zero-order valence-electron chi connectivity index (χ0n) is 10.8. The van der Waals surface area contributed by atoms with E-state index in [9.17, 15) is 0 Å². The Hall–Kier alpha value is -0.820. The van der Waals surface area contributed by atoms with Crippen LogP contribution < -0.4 is 5.32 Å². The fourth-order valence-electron chi connectivity index (χ4n) is 3.24. The fraction of sp³-hybridized carbons (Fsp3) is 0.600. The number of rotatable bonds is 3. The average molecular weight is 217 g/mol. The van der Waals surface area contributed by atoms with E-state index in [0.717, 1.165) is 6.54 Å². The predicted molar refractivity (Wildman–Crippen MR) is 70.0 cm³/mol. The summed E-state index contributed by atoms with van der Waals surface area (Å²) in [5, 5.41) is 3.39. The van der Waals surface area contributed by atoms with Crippen LogP contribution in [0.1, 0.15) is 42.4 Å². The Morgan fingerprint density at radius 1 is 1.06 bits per heavy atom. The normalized spacial score (nSPS) is 18.9. The molecular formula is C15H23N. The van der Waals surface area contributed by atoms with Gasteiger partial charge in [0.25, 0.3) is 0 Å². The van der Waals surface area contributed by atoms with Gasteiger partial charge < -0.3 is 5.32 Å². The van der Waals surface area contributed by atoms with Crippen molar-refractivity contribution in [2.24, 2.45) is 0 Å². The van der Waals surface area contributed by atoms with Crippen LogP contribution in [-0.2, 0) is 5.41 Å². The van der Waals surface area contributed by atoms with E-state index < -0.39 is 0 Å². The summed E-state index contributed by atoms with van der Waals surface area (Å²) in [5.41, 5.74) is 4.76. The zero-order chi connectivity index (χ0) is 11.6. The Morgan fingerprint density at radius 3 is 2.12 bits per heavy atom. The lowest BCUT2D eigenvalue weighted by molar-refractivity contribution is 0.420. The first-order valence-electron chi connectivity index (χ1n) is 6.40. The molecule has 1 N–H and O–H groups in total. The molecule has 0 bridgehead atoms. The van der Waals surface area contributed by atoms with E-state index in [2.05, 4.69) is 44.4 Å². The molecule has 0 aliphatic heterocycles. The highest BCUT2D eigenvalue weighted by molar-refractivity contribution is 5.35. The van der Waals surface area contributed by atoms with Gasteiger partial charge >= 0.3 is 0 Å². The van der Waals surface area contributed by atoms with Crippen molar-refractivity contribution in [1.29, 1.82) is 0 Å². The number of aryl methyl sites for hydroxylation is 2. The molecule has 1 aliphatic rings. The van der Waals surface area contributed by atoms with Crippen LogP contribution in [0.2, 0.25) is 0 Å². The third kappa shape index (κ3) is 2.15. The molecule has 16 heavy (non-hydrogen) atoms. The molecule has 1 heteroatoms. The number of nitrogens with one attached hydrogen (secondary N) is 1. The van der Waals surface area contributed by atoms with Crippen molar-refractivity contribution in [2.75, 3.05) is 13.6 Å². The van der Waals surface area contributed by atoms with E-state index in [4.69, 9.17) is 0 Å². The topological polar surface area (TPSA) is 12.0 Å². The van der Waals surface area contributed by atoms with Gasteiger partial charge in [0.15, 0.2) is 0 Å². The van der Waals surface area contributed by atoms with Gasteiger partial charge in [0, 0.05) is 12.0 Å². The maximum atomic E-state index is 3.39. The molecule has 1 aromatic rings. The highest BCUT2D eigenvalue weighted by Crippen LogP contribution is 2.41. The summed E-state index contributed by atoms with van der Waals surface area (Å²) < 4.78 is 0. The molecule has 0 amide bonds. The molecule has 0 aromatic heterocycles. The van der Waals surface area contributed by atoms with E-state index in [1.807, 2.05) is 0 Å². The molecule has 1 aromatic carbocycles. The first-order valence-corrected chi connectivity index (χ1v) is 6.40. The van der Waals surface area contributed by atoms with Gasteiger partial charge in [-0.3, -0.25) is 0 Å². The standard InChI is InChI=1S/C15H23N/c1-12-8-13(2)10-14(9-12)15(11-16-3)6-4-5-7-15/h8-10,16H,4-7,11H2,1-3H3. The SMILES string of the molecule is CNCC1(c2cc(C)cc(C)c2)CCCC1. The summed E-state index contributed by atoms with van der Waals surface area (Å²) in [6.07, 6.45) is 5.46. The molecule has 0 saturated heterocycles. The van der Waals surface area contributed by atoms with Gasteiger partial charge in [-0.2, -0.15) is 0 Å². The summed E-state index contributed by atoms with van der Waals surface area (Å²) >= 11 is 0. The molecule has 88 valence electrons. The minimum Gasteiger partial charge on any atom is -0.319 e. The van der Waals surface area contributed by atoms with Crippen LogP contribution in [0.25, 0.3) is 0 Å². The number of benzene rings is 1. The second kappa shape index (κ2) is 4.58. The summed E-state index contributed by atoms with van der Waals surface area (Å²) in [6.45, 7) is 5.53. The quantitative estimate of drug-likeness (QED) is 0.819. The molecule has 0 spiro atoms. The van der Waals surface area contributed by atoms with Gasteiger partial charge in [-0.25, -0.2) is 0 Å². The van der Waals surface area contributed by atoms with Gasteiger partial charge in [-0.15, -0.1) is 0 Å². The van der Waals surface area contributed by atoms with Crippen LogP contribution in [0.5, 0.6) is 0 Å². The van der Waals surface area contributed by atoms with Crippen LogP contribution >= 0.6 is 0 Å². The highest BCUT2D eigenvalue weighted by Gasteiger charge is 2.34. The second-order valence-corrected chi connectivity index (χ2v) is 5.39. The maximum absolute atomic E-state index is 3.39. The van der Waals surface area contributed by atoms with E-state index in [-0.39, 0.29) is 0 Å². The van der Waals surface area contributed by atoms with Crippen molar-refractivity contribution in [1.82, 2.24) is 5.32 Å². The van der Waals surface area contributed by atoms with E-state index in [0.29, 0.717) is 5.41 Å². The molecule has 1 aliphatic carbocycles. The van der Waals surface area contributed by atoms with Crippen molar-refractivity contribution < 1.29 is 0 Å². The first-order chi connectivity index (χ1) is 7.66. The van der Waals surface area contributed by atoms with Crippen molar-refractivity contribution >= 4 is 0 Å².